The first-order chi connectivity index (χ1) is 15.2. The van der Waals surface area contributed by atoms with Crippen molar-refractivity contribution in [3.63, 3.8) is 0 Å². The number of nitrogens with one attached hydrogen (secondary N) is 1. The molecule has 0 atom stereocenters. The maximum absolute atomic E-state index is 13.0. The van der Waals surface area contributed by atoms with Crippen LogP contribution in [0.5, 0.6) is 0 Å². The molecule has 4 rings (SSSR count). The van der Waals surface area contributed by atoms with Crippen molar-refractivity contribution in [3.8, 4) is 0 Å². The predicted octanol–water partition coefficient (Wildman–Crippen LogP) is 4.80. The zero-order chi connectivity index (χ0) is 22.9. The van der Waals surface area contributed by atoms with E-state index in [-0.39, 0.29) is 17.3 Å². The Hall–Kier alpha value is -2.96. The van der Waals surface area contributed by atoms with Crippen molar-refractivity contribution in [1.29, 1.82) is 0 Å². The van der Waals surface area contributed by atoms with E-state index in [1.807, 2.05) is 61.5 Å². The highest BCUT2D eigenvalue weighted by Gasteiger charge is 2.26. The van der Waals surface area contributed by atoms with Gasteiger partial charge in [-0.15, -0.1) is 0 Å². The van der Waals surface area contributed by atoms with Gasteiger partial charge in [0.25, 0.3) is 5.91 Å². The summed E-state index contributed by atoms with van der Waals surface area (Å²) in [5, 5.41) is 0. The van der Waals surface area contributed by atoms with Crippen molar-refractivity contribution in [1.82, 2.24) is 4.72 Å². The molecule has 6 heteroatoms. The molecule has 5 nitrogen and oxygen atoms in total. The third-order valence-corrected chi connectivity index (χ3v) is 7.33. The van der Waals surface area contributed by atoms with Crippen LogP contribution in [0.3, 0.4) is 0 Å². The Bertz CT molecular complexity index is 1230. The maximum atomic E-state index is 13.0. The lowest BCUT2D eigenvalue weighted by atomic mass is 10.0. The summed E-state index contributed by atoms with van der Waals surface area (Å²) >= 11 is 0. The minimum absolute atomic E-state index is 0.0354. The molecular weight excluding hydrogens is 420 g/mol. The van der Waals surface area contributed by atoms with E-state index in [1.54, 1.807) is 17.0 Å². The molecule has 0 unspecified atom stereocenters. The van der Waals surface area contributed by atoms with Crippen LogP contribution in [0.15, 0.2) is 71.6 Å². The van der Waals surface area contributed by atoms with Gasteiger partial charge < -0.3 is 4.90 Å². The molecule has 0 aromatic heterocycles. The predicted molar refractivity (Wildman–Crippen MR) is 128 cm³/mol. The maximum Gasteiger partial charge on any atom is 0.258 e. The smallest absolute Gasteiger partial charge is 0.258 e. The van der Waals surface area contributed by atoms with Crippen molar-refractivity contribution in [3.05, 3.63) is 94.5 Å². The molecule has 3 aromatic rings. The molecule has 1 aliphatic rings. The van der Waals surface area contributed by atoms with Crippen molar-refractivity contribution >= 4 is 21.6 Å². The van der Waals surface area contributed by atoms with E-state index in [0.29, 0.717) is 18.0 Å². The number of aryl methyl sites for hydroxylation is 1. The topological polar surface area (TPSA) is 66.5 Å². The Balaban J connectivity index is 1.50. The number of benzene rings is 3. The van der Waals surface area contributed by atoms with Gasteiger partial charge >= 0.3 is 0 Å². The molecule has 0 bridgehead atoms. The number of hydrogen-bond donors (Lipinski definition) is 1. The van der Waals surface area contributed by atoms with Gasteiger partial charge in [0, 0.05) is 24.3 Å². The summed E-state index contributed by atoms with van der Waals surface area (Å²) in [5.41, 5.74) is 5.63. The normalized spacial score (nSPS) is 13.4. The highest BCUT2D eigenvalue weighted by atomic mass is 32.2. The molecule has 0 saturated carbocycles. The summed E-state index contributed by atoms with van der Waals surface area (Å²) < 4.78 is 28.1. The minimum atomic E-state index is -3.62. The summed E-state index contributed by atoms with van der Waals surface area (Å²) in [5.74, 6) is 0.309. The molecule has 1 N–H and O–H groups in total. The van der Waals surface area contributed by atoms with Crippen LogP contribution in [0.25, 0.3) is 0 Å². The van der Waals surface area contributed by atoms with Crippen molar-refractivity contribution in [2.45, 2.75) is 44.6 Å². The lowest BCUT2D eigenvalue weighted by molar-refractivity contribution is 0.0989. The molecule has 0 aliphatic carbocycles. The number of nitrogens with zero attached hydrogens (tertiary/aromatic N) is 1. The number of sulfonamides is 1. The molecule has 0 spiro atoms. The van der Waals surface area contributed by atoms with E-state index in [2.05, 4.69) is 18.6 Å². The van der Waals surface area contributed by atoms with E-state index >= 15 is 0 Å². The summed E-state index contributed by atoms with van der Waals surface area (Å²) in [7, 11) is -3.62. The zero-order valence-electron chi connectivity index (χ0n) is 18.6. The summed E-state index contributed by atoms with van der Waals surface area (Å²) in [4.78, 5) is 15.1. The lowest BCUT2D eigenvalue weighted by Crippen LogP contribution is -2.29. The molecule has 166 valence electrons. The Labute approximate surface area is 190 Å². The second kappa shape index (κ2) is 8.88. The van der Waals surface area contributed by atoms with Crippen LogP contribution in [0, 0.1) is 6.92 Å². The Kier molecular flexibility index (Phi) is 6.17. The first-order valence-electron chi connectivity index (χ1n) is 10.8. The summed E-state index contributed by atoms with van der Waals surface area (Å²) in [6.45, 7) is 6.92. The fourth-order valence-corrected chi connectivity index (χ4v) is 4.91. The van der Waals surface area contributed by atoms with Crippen LogP contribution in [0.4, 0.5) is 5.69 Å². The van der Waals surface area contributed by atoms with Crippen LogP contribution in [-0.4, -0.2) is 20.9 Å². The summed E-state index contributed by atoms with van der Waals surface area (Å²) in [6, 6.07) is 20.4. The molecule has 1 aliphatic heterocycles. The van der Waals surface area contributed by atoms with Crippen LogP contribution in [0.1, 0.15) is 52.4 Å². The van der Waals surface area contributed by atoms with Crippen LogP contribution in [0.2, 0.25) is 0 Å². The van der Waals surface area contributed by atoms with Gasteiger partial charge in [0.2, 0.25) is 10.0 Å². The number of fused-ring (bicyclic) bond motifs is 1. The van der Waals surface area contributed by atoms with Gasteiger partial charge in [-0.05, 0) is 66.3 Å². The standard InChI is InChI=1S/C26H28N2O3S/c1-18(2)21-10-12-24(13-11-21)32(30,31)27-17-20-6-9-22-14-15-28(25(22)16-20)26(29)23-7-4-19(3)5-8-23/h4-13,16,18,27H,14-15,17H2,1-3H3. The van der Waals surface area contributed by atoms with E-state index < -0.39 is 10.0 Å². The highest BCUT2D eigenvalue weighted by molar-refractivity contribution is 7.89. The fraction of sp³-hybridized carbons (Fsp3) is 0.269. The van der Waals surface area contributed by atoms with Crippen molar-refractivity contribution < 1.29 is 13.2 Å². The van der Waals surface area contributed by atoms with Gasteiger partial charge in [-0.1, -0.05) is 55.8 Å². The Morgan fingerprint density at radius 2 is 1.69 bits per heavy atom. The largest absolute Gasteiger partial charge is 0.308 e. The second-order valence-electron chi connectivity index (χ2n) is 8.58. The van der Waals surface area contributed by atoms with Crippen LogP contribution in [-0.2, 0) is 23.0 Å². The minimum Gasteiger partial charge on any atom is -0.308 e. The third kappa shape index (κ3) is 4.61. The molecule has 3 aromatic carbocycles. The lowest BCUT2D eigenvalue weighted by Gasteiger charge is -2.18. The molecule has 0 saturated heterocycles. The van der Waals surface area contributed by atoms with E-state index in [0.717, 1.165) is 34.4 Å². The first-order valence-corrected chi connectivity index (χ1v) is 12.3. The van der Waals surface area contributed by atoms with Crippen molar-refractivity contribution in [2.24, 2.45) is 0 Å². The third-order valence-electron chi connectivity index (χ3n) is 5.91. The molecule has 0 radical (unpaired) electrons. The van der Waals surface area contributed by atoms with Crippen LogP contribution < -0.4 is 9.62 Å². The fourth-order valence-electron chi connectivity index (χ4n) is 3.89. The van der Waals surface area contributed by atoms with Gasteiger partial charge in [0.1, 0.15) is 0 Å². The highest BCUT2D eigenvalue weighted by Crippen LogP contribution is 2.30. The number of carbonyl (C=O) groups excluding carboxylic acids is 1. The number of hydrogen-bond acceptors (Lipinski definition) is 3. The van der Waals surface area contributed by atoms with Gasteiger partial charge in [-0.25, -0.2) is 13.1 Å². The van der Waals surface area contributed by atoms with Gasteiger partial charge in [0.05, 0.1) is 4.90 Å². The molecule has 1 amide bonds. The Morgan fingerprint density at radius 1 is 1.00 bits per heavy atom. The van der Waals surface area contributed by atoms with E-state index in [1.165, 1.54) is 0 Å². The molecule has 32 heavy (non-hydrogen) atoms. The average molecular weight is 449 g/mol. The number of carbonyl (C=O) groups is 1. The number of amides is 1. The first kappa shape index (κ1) is 22.2. The van der Waals surface area contributed by atoms with Gasteiger partial charge in [0.15, 0.2) is 0 Å². The second-order valence-corrected chi connectivity index (χ2v) is 10.4. The van der Waals surface area contributed by atoms with Gasteiger partial charge in [-0.3, -0.25) is 4.79 Å². The average Bonchev–Trinajstić information content (AvgIpc) is 3.21. The molecule has 0 fully saturated rings. The van der Waals surface area contributed by atoms with E-state index in [9.17, 15) is 13.2 Å². The monoisotopic (exact) mass is 448 g/mol. The van der Waals surface area contributed by atoms with Crippen molar-refractivity contribution in [2.75, 3.05) is 11.4 Å². The molecule has 1 heterocycles. The quantitative estimate of drug-likeness (QED) is 0.589. The zero-order valence-corrected chi connectivity index (χ0v) is 19.4. The number of anilines is 1. The molecular formula is C26H28N2O3S. The SMILES string of the molecule is Cc1ccc(C(=O)N2CCc3ccc(CNS(=O)(=O)c4ccc(C(C)C)cc4)cc32)cc1. The van der Waals surface area contributed by atoms with Gasteiger partial charge in [-0.2, -0.15) is 0 Å². The number of rotatable bonds is 6. The van der Waals surface area contributed by atoms with Crippen LogP contribution >= 0.6 is 0 Å². The summed E-state index contributed by atoms with van der Waals surface area (Å²) in [6.07, 6.45) is 0.793. The Morgan fingerprint density at radius 3 is 2.34 bits per heavy atom. The van der Waals surface area contributed by atoms with E-state index in [4.69, 9.17) is 0 Å².